The Morgan fingerprint density at radius 3 is 2.21 bits per heavy atom. The second kappa shape index (κ2) is 10.6. The Morgan fingerprint density at radius 1 is 0.964 bits per heavy atom. The van der Waals surface area contributed by atoms with Crippen LogP contribution in [-0.2, 0) is 21.3 Å². The molecule has 0 aliphatic carbocycles. The van der Waals surface area contributed by atoms with Crippen molar-refractivity contribution in [3.8, 4) is 11.5 Å². The molecule has 0 atom stereocenters. The van der Waals surface area contributed by atoms with Gasteiger partial charge in [0.15, 0.2) is 0 Å². The van der Waals surface area contributed by atoms with Gasteiger partial charge in [-0.25, -0.2) is 4.79 Å². The van der Waals surface area contributed by atoms with Gasteiger partial charge < -0.3 is 13.7 Å². The van der Waals surface area contributed by atoms with Crippen LogP contribution in [0.1, 0.15) is 25.3 Å². The number of benzene rings is 2. The molecule has 152 valence electrons. The molecule has 1 amide bonds. The monoisotopic (exact) mass is 407 g/mol. The molecule has 0 radical (unpaired) electrons. The van der Waals surface area contributed by atoms with Crippen molar-refractivity contribution >= 4 is 21.9 Å². The van der Waals surface area contributed by atoms with Crippen LogP contribution in [0.15, 0.2) is 48.5 Å². The highest BCUT2D eigenvalue weighted by Crippen LogP contribution is 2.19. The molecule has 2 rings (SSSR count). The summed E-state index contributed by atoms with van der Waals surface area (Å²) in [7, 11) is -3.54. The van der Waals surface area contributed by atoms with E-state index in [2.05, 4.69) is 5.32 Å². The Morgan fingerprint density at radius 2 is 1.61 bits per heavy atom. The van der Waals surface area contributed by atoms with Gasteiger partial charge in [-0.2, -0.15) is 8.42 Å². The summed E-state index contributed by atoms with van der Waals surface area (Å²) in [6, 6.07) is 13.8. The molecule has 0 unspecified atom stereocenters. The van der Waals surface area contributed by atoms with Gasteiger partial charge in [0.2, 0.25) is 0 Å². The van der Waals surface area contributed by atoms with Gasteiger partial charge in [-0.05, 0) is 48.4 Å². The number of hydrogen-bond donors (Lipinski definition) is 1. The van der Waals surface area contributed by atoms with Crippen molar-refractivity contribution in [2.45, 2.75) is 26.2 Å². The number of unbranched alkanes of at least 4 members (excludes halogenated alkanes) is 1. The van der Waals surface area contributed by atoms with Crippen molar-refractivity contribution in [2.75, 3.05) is 24.8 Å². The highest BCUT2D eigenvalue weighted by molar-refractivity contribution is 7.86. The smallest absolute Gasteiger partial charge is 0.411 e. The second-order valence-corrected chi connectivity index (χ2v) is 7.74. The predicted octanol–water partition coefficient (Wildman–Crippen LogP) is 4.00. The molecule has 7 nitrogen and oxygen atoms in total. The molecule has 2 aromatic carbocycles. The van der Waals surface area contributed by atoms with E-state index in [1.54, 1.807) is 12.1 Å². The van der Waals surface area contributed by atoms with Crippen molar-refractivity contribution in [2.24, 2.45) is 0 Å². The van der Waals surface area contributed by atoms with Gasteiger partial charge in [0.05, 0.1) is 19.5 Å². The number of carbonyl (C=O) groups excluding carboxylic acids is 1. The molecule has 0 spiro atoms. The molecule has 0 fully saturated rings. The largest absolute Gasteiger partial charge is 0.493 e. The number of ether oxygens (including phenoxy) is 2. The maximum absolute atomic E-state index is 11.6. The van der Waals surface area contributed by atoms with Crippen LogP contribution in [0.2, 0.25) is 0 Å². The standard InChI is InChI=1S/C20H25NO6S/c1-3-4-14-26-20(22)21-17-7-5-16(6-8-17)13-15-25-18-9-11-19(12-10-18)27-28(2,23)24/h5-12H,3-4,13-15H2,1-2H3,(H,21,22). The van der Waals surface area contributed by atoms with E-state index in [1.165, 1.54) is 12.1 Å². The molecule has 1 N–H and O–H groups in total. The van der Waals surface area contributed by atoms with Crippen molar-refractivity contribution in [1.29, 1.82) is 0 Å². The van der Waals surface area contributed by atoms with E-state index in [4.69, 9.17) is 13.7 Å². The summed E-state index contributed by atoms with van der Waals surface area (Å²) in [6.45, 7) is 2.91. The molecule has 0 aliphatic heterocycles. The third kappa shape index (κ3) is 8.30. The summed E-state index contributed by atoms with van der Waals surface area (Å²) in [4.78, 5) is 11.6. The summed E-state index contributed by atoms with van der Waals surface area (Å²) in [5.41, 5.74) is 1.73. The average molecular weight is 407 g/mol. The average Bonchev–Trinajstić information content (AvgIpc) is 2.64. The summed E-state index contributed by atoms with van der Waals surface area (Å²) in [5.74, 6) is 0.861. The fourth-order valence-corrected chi connectivity index (χ4v) is 2.73. The maximum atomic E-state index is 11.6. The van der Waals surface area contributed by atoms with E-state index in [1.807, 2.05) is 31.2 Å². The van der Waals surface area contributed by atoms with E-state index < -0.39 is 16.2 Å². The number of anilines is 1. The molecule has 0 aliphatic rings. The van der Waals surface area contributed by atoms with Crippen LogP contribution in [0.3, 0.4) is 0 Å². The van der Waals surface area contributed by atoms with Crippen LogP contribution < -0.4 is 14.2 Å². The Kier molecular flexibility index (Phi) is 8.13. The lowest BCUT2D eigenvalue weighted by Crippen LogP contribution is -2.14. The molecule has 0 aromatic heterocycles. The Bertz CT molecular complexity index is 847. The van der Waals surface area contributed by atoms with Gasteiger partial charge in [0, 0.05) is 12.1 Å². The third-order valence-electron chi connectivity index (χ3n) is 3.66. The Hall–Kier alpha value is -2.74. The van der Waals surface area contributed by atoms with Crippen molar-refractivity contribution in [3.05, 3.63) is 54.1 Å². The van der Waals surface area contributed by atoms with Gasteiger partial charge in [-0.1, -0.05) is 25.5 Å². The van der Waals surface area contributed by atoms with E-state index in [-0.39, 0.29) is 5.75 Å². The highest BCUT2D eigenvalue weighted by atomic mass is 32.2. The predicted molar refractivity (Wildman–Crippen MR) is 107 cm³/mol. The fraction of sp³-hybridized carbons (Fsp3) is 0.350. The van der Waals surface area contributed by atoms with Crippen LogP contribution >= 0.6 is 0 Å². The number of rotatable bonds is 10. The first-order valence-corrected chi connectivity index (χ1v) is 10.8. The lowest BCUT2D eigenvalue weighted by molar-refractivity contribution is 0.160. The van der Waals surface area contributed by atoms with E-state index in [9.17, 15) is 13.2 Å². The van der Waals surface area contributed by atoms with Crippen LogP contribution in [0.25, 0.3) is 0 Å². The highest BCUT2D eigenvalue weighted by Gasteiger charge is 2.05. The minimum absolute atomic E-state index is 0.242. The van der Waals surface area contributed by atoms with Gasteiger partial charge in [-0.15, -0.1) is 0 Å². The molecule has 0 saturated carbocycles. The number of hydrogen-bond acceptors (Lipinski definition) is 6. The van der Waals surface area contributed by atoms with Crippen molar-refractivity contribution in [3.63, 3.8) is 0 Å². The van der Waals surface area contributed by atoms with Crippen LogP contribution in [0, 0.1) is 0 Å². The summed E-state index contributed by atoms with van der Waals surface area (Å²) < 4.78 is 37.6. The van der Waals surface area contributed by atoms with E-state index in [0.29, 0.717) is 31.1 Å². The zero-order valence-electron chi connectivity index (χ0n) is 16.0. The quantitative estimate of drug-likeness (QED) is 0.473. The summed E-state index contributed by atoms with van der Waals surface area (Å²) in [6.07, 6.45) is 3.05. The fourth-order valence-electron chi connectivity index (χ4n) is 2.27. The first-order chi connectivity index (χ1) is 13.4. The minimum Gasteiger partial charge on any atom is -0.493 e. The molecule has 0 bridgehead atoms. The molecular weight excluding hydrogens is 382 g/mol. The zero-order chi connectivity index (χ0) is 20.4. The minimum atomic E-state index is -3.54. The normalized spacial score (nSPS) is 10.9. The zero-order valence-corrected chi connectivity index (χ0v) is 16.8. The van der Waals surface area contributed by atoms with Crippen molar-refractivity contribution in [1.82, 2.24) is 0 Å². The number of amides is 1. The van der Waals surface area contributed by atoms with E-state index >= 15 is 0 Å². The Balaban J connectivity index is 1.75. The Labute approximate surface area is 165 Å². The lowest BCUT2D eigenvalue weighted by Gasteiger charge is -2.09. The topological polar surface area (TPSA) is 90.9 Å². The molecule has 2 aromatic rings. The molecule has 0 heterocycles. The van der Waals surface area contributed by atoms with Gasteiger partial charge in [0.25, 0.3) is 0 Å². The van der Waals surface area contributed by atoms with Gasteiger partial charge >= 0.3 is 16.2 Å². The molecule has 0 saturated heterocycles. The SMILES string of the molecule is CCCCOC(=O)Nc1ccc(CCOc2ccc(OS(C)(=O)=O)cc2)cc1. The van der Waals surface area contributed by atoms with Gasteiger partial charge in [-0.3, -0.25) is 5.32 Å². The first-order valence-electron chi connectivity index (χ1n) is 9.01. The van der Waals surface area contributed by atoms with Crippen LogP contribution in [0.4, 0.5) is 10.5 Å². The van der Waals surface area contributed by atoms with Crippen molar-refractivity contribution < 1.29 is 26.9 Å². The number of nitrogens with one attached hydrogen (secondary N) is 1. The maximum Gasteiger partial charge on any atom is 0.411 e. The summed E-state index contributed by atoms with van der Waals surface area (Å²) in [5, 5.41) is 2.68. The lowest BCUT2D eigenvalue weighted by atomic mass is 10.1. The molecule has 8 heteroatoms. The number of carbonyl (C=O) groups is 1. The van der Waals surface area contributed by atoms with E-state index in [0.717, 1.165) is 24.7 Å². The van der Waals surface area contributed by atoms with Crippen LogP contribution in [-0.4, -0.2) is 34.0 Å². The molecule has 28 heavy (non-hydrogen) atoms. The molecular formula is C20H25NO6S. The first kappa shape index (κ1) is 21.6. The third-order valence-corrected chi connectivity index (χ3v) is 4.16. The van der Waals surface area contributed by atoms with Crippen LogP contribution in [0.5, 0.6) is 11.5 Å². The summed E-state index contributed by atoms with van der Waals surface area (Å²) >= 11 is 0. The second-order valence-electron chi connectivity index (χ2n) is 6.17. The van der Waals surface area contributed by atoms with Gasteiger partial charge in [0.1, 0.15) is 11.5 Å².